The van der Waals surface area contributed by atoms with Gasteiger partial charge < -0.3 is 10.4 Å². The van der Waals surface area contributed by atoms with Gasteiger partial charge in [0, 0.05) is 10.8 Å². The number of hydrogen-bond acceptors (Lipinski definition) is 5. The van der Waals surface area contributed by atoms with E-state index in [-0.39, 0.29) is 28.4 Å². The molecule has 0 spiro atoms. The van der Waals surface area contributed by atoms with Crippen molar-refractivity contribution in [3.63, 3.8) is 0 Å². The van der Waals surface area contributed by atoms with Crippen LogP contribution in [0.1, 0.15) is 34.1 Å². The molecule has 122 valence electrons. The van der Waals surface area contributed by atoms with Crippen LogP contribution < -0.4 is 5.32 Å². The van der Waals surface area contributed by atoms with Crippen molar-refractivity contribution >= 4 is 33.5 Å². The summed E-state index contributed by atoms with van der Waals surface area (Å²) in [5, 5.41) is 11.9. The Hall–Kier alpha value is -0.760. The van der Waals surface area contributed by atoms with Gasteiger partial charge in [-0.2, -0.15) is 0 Å². The Labute approximate surface area is 130 Å². The van der Waals surface area contributed by atoms with E-state index in [1.54, 1.807) is 27.7 Å². The summed E-state index contributed by atoms with van der Waals surface area (Å²) in [6.07, 6.45) is 0.574. The van der Waals surface area contributed by atoms with Crippen molar-refractivity contribution in [2.75, 3.05) is 17.3 Å². The minimum atomic E-state index is -2.94. The van der Waals surface area contributed by atoms with Crippen LogP contribution in [0.15, 0.2) is 0 Å². The molecule has 1 rings (SSSR count). The van der Waals surface area contributed by atoms with Gasteiger partial charge in [0.05, 0.1) is 22.7 Å². The van der Waals surface area contributed by atoms with Gasteiger partial charge in [-0.15, -0.1) is 11.8 Å². The number of rotatable bonds is 6. The maximum Gasteiger partial charge on any atom is 0.311 e. The topological polar surface area (TPSA) is 101 Å². The molecule has 0 aliphatic carbocycles. The van der Waals surface area contributed by atoms with Crippen LogP contribution in [0.3, 0.4) is 0 Å². The second-order valence-electron chi connectivity index (χ2n) is 6.44. The number of carbonyl (C=O) groups excluding carboxylic acids is 1. The number of nitrogens with one attached hydrogen (secondary N) is 1. The fourth-order valence-electron chi connectivity index (χ4n) is 1.89. The molecule has 1 saturated heterocycles. The zero-order chi connectivity index (χ0) is 16.5. The molecule has 8 heteroatoms. The quantitative estimate of drug-likeness (QED) is 0.747. The number of carboxylic acid groups (broad SMARTS) is 1. The minimum Gasteiger partial charge on any atom is -0.481 e. The molecule has 1 aliphatic heterocycles. The summed E-state index contributed by atoms with van der Waals surface area (Å²) in [5.74, 6) is -0.816. The Kier molecular flexibility index (Phi) is 5.36. The van der Waals surface area contributed by atoms with E-state index in [0.29, 0.717) is 6.42 Å². The molecule has 1 fully saturated rings. The summed E-state index contributed by atoms with van der Waals surface area (Å²) >= 11 is 1.32. The highest BCUT2D eigenvalue weighted by molar-refractivity contribution is 8.02. The Morgan fingerprint density at radius 3 is 2.29 bits per heavy atom. The molecule has 0 aromatic rings. The second kappa shape index (κ2) is 6.16. The summed E-state index contributed by atoms with van der Waals surface area (Å²) in [4.78, 5) is 23.2. The minimum absolute atomic E-state index is 0.0450. The van der Waals surface area contributed by atoms with Crippen LogP contribution in [0.5, 0.6) is 0 Å². The lowest BCUT2D eigenvalue weighted by molar-refractivity contribution is -0.151. The molecule has 0 saturated carbocycles. The van der Waals surface area contributed by atoms with Gasteiger partial charge in [-0.05, 0) is 34.1 Å². The third kappa shape index (κ3) is 4.60. The molecule has 0 aromatic carbocycles. The Bertz CT molecular complexity index is 525. The number of carboxylic acids is 1. The highest BCUT2D eigenvalue weighted by atomic mass is 32.2. The van der Waals surface area contributed by atoms with Crippen LogP contribution in [-0.4, -0.2) is 53.4 Å². The van der Waals surface area contributed by atoms with Gasteiger partial charge >= 0.3 is 5.97 Å². The monoisotopic (exact) mass is 337 g/mol. The van der Waals surface area contributed by atoms with Gasteiger partial charge in [0.25, 0.3) is 0 Å². The van der Waals surface area contributed by atoms with Gasteiger partial charge in [-0.1, -0.05) is 0 Å². The van der Waals surface area contributed by atoms with Gasteiger partial charge in [-0.3, -0.25) is 9.59 Å². The van der Waals surface area contributed by atoms with E-state index in [1.807, 2.05) is 0 Å². The first-order valence-corrected chi connectivity index (χ1v) is 9.61. The van der Waals surface area contributed by atoms with Crippen molar-refractivity contribution in [3.05, 3.63) is 0 Å². The summed E-state index contributed by atoms with van der Waals surface area (Å²) in [6, 6.07) is 0. The summed E-state index contributed by atoms with van der Waals surface area (Å²) < 4.78 is 22.7. The SMILES string of the molecule is CC(C)(NC(=O)CSC1CCS(=O)(=O)C1)C(C)(C)C(=O)O. The highest BCUT2D eigenvalue weighted by Crippen LogP contribution is 2.31. The van der Waals surface area contributed by atoms with Crippen molar-refractivity contribution in [2.24, 2.45) is 5.41 Å². The average molecular weight is 337 g/mol. The molecule has 0 radical (unpaired) electrons. The lowest BCUT2D eigenvalue weighted by Gasteiger charge is -2.38. The van der Waals surface area contributed by atoms with Crippen molar-refractivity contribution in [2.45, 2.75) is 44.9 Å². The van der Waals surface area contributed by atoms with Gasteiger partial charge in [0.2, 0.25) is 5.91 Å². The normalized spacial score (nSPS) is 22.0. The lowest BCUT2D eigenvalue weighted by atomic mass is 9.74. The van der Waals surface area contributed by atoms with Crippen molar-refractivity contribution < 1.29 is 23.1 Å². The van der Waals surface area contributed by atoms with E-state index in [0.717, 1.165) is 0 Å². The second-order valence-corrected chi connectivity index (χ2v) is 9.96. The van der Waals surface area contributed by atoms with Gasteiger partial charge in [-0.25, -0.2) is 8.42 Å². The maximum absolute atomic E-state index is 12.0. The van der Waals surface area contributed by atoms with Crippen molar-refractivity contribution in [3.8, 4) is 0 Å². The fraction of sp³-hybridized carbons (Fsp3) is 0.846. The first-order valence-electron chi connectivity index (χ1n) is 6.74. The zero-order valence-corrected chi connectivity index (χ0v) is 14.4. The third-order valence-corrected chi connectivity index (χ3v) is 7.47. The average Bonchev–Trinajstić information content (AvgIpc) is 2.65. The van der Waals surface area contributed by atoms with Crippen molar-refractivity contribution in [1.29, 1.82) is 0 Å². The third-order valence-electron chi connectivity index (χ3n) is 4.19. The molecule has 6 nitrogen and oxygen atoms in total. The summed E-state index contributed by atoms with van der Waals surface area (Å²) in [6.45, 7) is 6.46. The molecule has 21 heavy (non-hydrogen) atoms. The number of thioether (sulfide) groups is 1. The van der Waals surface area contributed by atoms with Gasteiger partial charge in [0.15, 0.2) is 9.84 Å². The number of amides is 1. The number of carbonyl (C=O) groups is 2. The molecular weight excluding hydrogens is 314 g/mol. The molecule has 1 amide bonds. The van der Waals surface area contributed by atoms with E-state index >= 15 is 0 Å². The Morgan fingerprint density at radius 2 is 1.86 bits per heavy atom. The van der Waals surface area contributed by atoms with Crippen LogP contribution in [0.4, 0.5) is 0 Å². The van der Waals surface area contributed by atoms with Crippen LogP contribution in [0.2, 0.25) is 0 Å². The smallest absolute Gasteiger partial charge is 0.311 e. The zero-order valence-electron chi connectivity index (χ0n) is 12.8. The van der Waals surface area contributed by atoms with Crippen LogP contribution in [0.25, 0.3) is 0 Å². The molecule has 1 atom stereocenters. The largest absolute Gasteiger partial charge is 0.481 e. The summed E-state index contributed by atoms with van der Waals surface area (Å²) in [7, 11) is -2.94. The standard InChI is InChI=1S/C13H23NO5S2/c1-12(2,11(16)17)13(3,4)14-10(15)7-20-9-5-6-21(18,19)8-9/h9H,5-8H2,1-4H3,(H,14,15)(H,16,17). The number of hydrogen-bond donors (Lipinski definition) is 2. The van der Waals surface area contributed by atoms with E-state index in [1.165, 1.54) is 11.8 Å². The van der Waals surface area contributed by atoms with Crippen molar-refractivity contribution in [1.82, 2.24) is 5.32 Å². The van der Waals surface area contributed by atoms with E-state index in [2.05, 4.69) is 5.32 Å². The van der Waals surface area contributed by atoms with Gasteiger partial charge in [0.1, 0.15) is 0 Å². The Balaban J connectivity index is 2.52. The summed E-state index contributed by atoms with van der Waals surface area (Å²) in [5.41, 5.74) is -2.01. The molecule has 1 heterocycles. The number of aliphatic carboxylic acids is 1. The lowest BCUT2D eigenvalue weighted by Crippen LogP contribution is -2.57. The Morgan fingerprint density at radius 1 is 1.29 bits per heavy atom. The number of sulfone groups is 1. The van der Waals surface area contributed by atoms with Crippen LogP contribution in [-0.2, 0) is 19.4 Å². The molecule has 2 N–H and O–H groups in total. The predicted octanol–water partition coefficient (Wildman–Crippen LogP) is 0.912. The van der Waals surface area contributed by atoms with Crippen LogP contribution >= 0.6 is 11.8 Å². The molecule has 0 bridgehead atoms. The fourth-order valence-corrected chi connectivity index (χ4v) is 5.34. The van der Waals surface area contributed by atoms with E-state index < -0.39 is 26.8 Å². The first kappa shape index (κ1) is 18.3. The van der Waals surface area contributed by atoms with E-state index in [4.69, 9.17) is 0 Å². The maximum atomic E-state index is 12.0. The molecule has 1 aliphatic rings. The van der Waals surface area contributed by atoms with Crippen LogP contribution in [0, 0.1) is 5.41 Å². The van der Waals surface area contributed by atoms with E-state index in [9.17, 15) is 23.1 Å². The molecular formula is C13H23NO5S2. The molecule has 1 unspecified atom stereocenters. The first-order chi connectivity index (χ1) is 9.37. The predicted molar refractivity (Wildman–Crippen MR) is 83.2 cm³/mol. The highest BCUT2D eigenvalue weighted by Gasteiger charge is 2.44. The molecule has 0 aromatic heterocycles.